The molecule has 0 aliphatic carbocycles. The van der Waals surface area contributed by atoms with Crippen LogP contribution in [0.15, 0.2) is 12.3 Å². The van der Waals surface area contributed by atoms with E-state index in [1.54, 1.807) is 6.20 Å². The fourth-order valence-electron chi connectivity index (χ4n) is 1.58. The van der Waals surface area contributed by atoms with E-state index in [9.17, 15) is 0 Å². The summed E-state index contributed by atoms with van der Waals surface area (Å²) in [4.78, 5) is 6.44. The van der Waals surface area contributed by atoms with Crippen molar-refractivity contribution < 1.29 is 4.74 Å². The van der Waals surface area contributed by atoms with Gasteiger partial charge in [-0.15, -0.1) is 0 Å². The molecule has 15 heavy (non-hydrogen) atoms. The fourth-order valence-corrected chi connectivity index (χ4v) is 1.58. The van der Waals surface area contributed by atoms with Crippen molar-refractivity contribution in [3.05, 3.63) is 18.0 Å². The molecule has 3 nitrogen and oxygen atoms in total. The first-order valence-corrected chi connectivity index (χ1v) is 5.22. The lowest BCUT2D eigenvalue weighted by molar-refractivity contribution is 0.0768. The normalized spacial score (nSPS) is 21.1. The number of likely N-dealkylation sites (N-methyl/N-ethyl adjacent to an activating group) is 1. The van der Waals surface area contributed by atoms with Crippen LogP contribution in [0, 0.1) is 6.92 Å². The van der Waals surface area contributed by atoms with Gasteiger partial charge in [-0.2, -0.15) is 0 Å². The van der Waals surface area contributed by atoms with Gasteiger partial charge in [0.15, 0.2) is 0 Å². The number of likely N-dealkylation sites (tertiary alicyclic amines) is 1. The molecule has 0 bridgehead atoms. The standard InChI is InChI=1S/C11H15BN2O/c1-8-11(12)5-10(6-13-8)15-7-9-3-4-14(9)2/h5-6,9H,3-4,7H2,1-2H3/t9-/m0/s1. The maximum atomic E-state index is 5.75. The van der Waals surface area contributed by atoms with Crippen molar-refractivity contribution in [3.8, 4) is 5.75 Å². The molecule has 1 aliphatic rings. The monoisotopic (exact) mass is 202 g/mol. The SMILES string of the molecule is [B]c1cc(OC[C@@H]2CCN2C)cnc1C. The largest absolute Gasteiger partial charge is 0.490 e. The summed E-state index contributed by atoms with van der Waals surface area (Å²) in [5.74, 6) is 0.762. The maximum Gasteiger partial charge on any atom is 0.137 e. The zero-order valence-corrected chi connectivity index (χ0v) is 9.23. The van der Waals surface area contributed by atoms with Crippen molar-refractivity contribution in [2.45, 2.75) is 19.4 Å². The lowest BCUT2D eigenvalue weighted by Crippen LogP contribution is -2.48. The van der Waals surface area contributed by atoms with Gasteiger partial charge in [0, 0.05) is 11.7 Å². The summed E-state index contributed by atoms with van der Waals surface area (Å²) in [6, 6.07) is 2.38. The molecule has 4 heteroatoms. The summed E-state index contributed by atoms with van der Waals surface area (Å²) in [5.41, 5.74) is 1.54. The Kier molecular flexibility index (Phi) is 2.96. The first-order chi connectivity index (χ1) is 7.16. The summed E-state index contributed by atoms with van der Waals surface area (Å²) in [5, 5.41) is 0. The minimum absolute atomic E-state index is 0.549. The zero-order valence-electron chi connectivity index (χ0n) is 9.23. The van der Waals surface area contributed by atoms with Crippen LogP contribution in [-0.2, 0) is 0 Å². The smallest absolute Gasteiger partial charge is 0.137 e. The highest BCUT2D eigenvalue weighted by atomic mass is 16.5. The van der Waals surface area contributed by atoms with Crippen molar-refractivity contribution in [1.29, 1.82) is 0 Å². The van der Waals surface area contributed by atoms with Crippen LogP contribution in [-0.4, -0.2) is 44.0 Å². The van der Waals surface area contributed by atoms with E-state index in [2.05, 4.69) is 16.9 Å². The number of aromatic nitrogens is 1. The van der Waals surface area contributed by atoms with Gasteiger partial charge >= 0.3 is 0 Å². The Morgan fingerprint density at radius 1 is 1.67 bits per heavy atom. The second-order valence-corrected chi connectivity index (χ2v) is 4.08. The number of ether oxygens (including phenoxy) is 1. The average molecular weight is 202 g/mol. The Morgan fingerprint density at radius 3 is 3.00 bits per heavy atom. The highest BCUT2D eigenvalue weighted by Gasteiger charge is 2.24. The average Bonchev–Trinajstić information content (AvgIpc) is 2.21. The fraction of sp³-hybridized carbons (Fsp3) is 0.545. The summed E-state index contributed by atoms with van der Waals surface area (Å²) < 4.78 is 5.63. The van der Waals surface area contributed by atoms with Gasteiger partial charge in [0.2, 0.25) is 0 Å². The molecule has 0 saturated carbocycles. The predicted octanol–water partition coefficient (Wildman–Crippen LogP) is 0.267. The molecule has 1 aromatic rings. The highest BCUT2D eigenvalue weighted by Crippen LogP contribution is 2.16. The molecule has 2 radical (unpaired) electrons. The van der Waals surface area contributed by atoms with E-state index in [-0.39, 0.29) is 0 Å². The van der Waals surface area contributed by atoms with Crippen molar-refractivity contribution in [1.82, 2.24) is 9.88 Å². The molecule has 1 saturated heterocycles. The number of pyridine rings is 1. The molecule has 78 valence electrons. The Morgan fingerprint density at radius 2 is 2.47 bits per heavy atom. The third-order valence-corrected chi connectivity index (χ3v) is 2.98. The topological polar surface area (TPSA) is 25.4 Å². The molecule has 1 aromatic heterocycles. The van der Waals surface area contributed by atoms with Crippen molar-refractivity contribution in [3.63, 3.8) is 0 Å². The zero-order chi connectivity index (χ0) is 10.8. The van der Waals surface area contributed by atoms with Crippen LogP contribution in [0.4, 0.5) is 0 Å². The van der Waals surface area contributed by atoms with E-state index in [4.69, 9.17) is 12.6 Å². The lowest BCUT2D eigenvalue weighted by atomic mass is 9.95. The number of rotatable bonds is 3. The van der Waals surface area contributed by atoms with Crippen LogP contribution >= 0.6 is 0 Å². The third kappa shape index (κ3) is 2.32. The number of nitrogens with zero attached hydrogens (tertiary/aromatic N) is 2. The minimum Gasteiger partial charge on any atom is -0.490 e. The summed E-state index contributed by atoms with van der Waals surface area (Å²) in [7, 11) is 7.86. The van der Waals surface area contributed by atoms with E-state index in [0.29, 0.717) is 11.5 Å². The van der Waals surface area contributed by atoms with Crippen LogP contribution in [0.2, 0.25) is 0 Å². The van der Waals surface area contributed by atoms with E-state index in [1.807, 2.05) is 13.0 Å². The molecule has 0 aromatic carbocycles. The molecule has 2 rings (SSSR count). The Balaban J connectivity index is 1.90. The molecule has 2 heterocycles. The molecule has 0 N–H and O–H groups in total. The van der Waals surface area contributed by atoms with Gasteiger partial charge in [0.05, 0.1) is 6.20 Å². The summed E-state index contributed by atoms with van der Waals surface area (Å²) >= 11 is 0. The molecular formula is C11H15BN2O. The van der Waals surface area contributed by atoms with Crippen molar-refractivity contribution >= 4 is 13.3 Å². The van der Waals surface area contributed by atoms with E-state index < -0.39 is 0 Å². The van der Waals surface area contributed by atoms with Gasteiger partial charge in [-0.25, -0.2) is 0 Å². The van der Waals surface area contributed by atoms with E-state index >= 15 is 0 Å². The van der Waals surface area contributed by atoms with Crippen molar-refractivity contribution in [2.75, 3.05) is 20.2 Å². The van der Waals surface area contributed by atoms with Crippen LogP contribution in [0.3, 0.4) is 0 Å². The van der Waals surface area contributed by atoms with E-state index in [1.165, 1.54) is 13.0 Å². The number of aryl methyl sites for hydroxylation is 1. The molecule has 1 atom stereocenters. The van der Waals surface area contributed by atoms with Crippen molar-refractivity contribution in [2.24, 2.45) is 0 Å². The van der Waals surface area contributed by atoms with Crippen LogP contribution in [0.25, 0.3) is 0 Å². The Labute approximate surface area is 91.9 Å². The lowest BCUT2D eigenvalue weighted by Gasteiger charge is -2.37. The van der Waals surface area contributed by atoms with Crippen LogP contribution in [0.1, 0.15) is 12.1 Å². The number of hydrogen-bond donors (Lipinski definition) is 0. The second-order valence-electron chi connectivity index (χ2n) is 4.08. The minimum atomic E-state index is 0.549. The Bertz CT molecular complexity index is 356. The highest BCUT2D eigenvalue weighted by molar-refractivity contribution is 6.33. The van der Waals surface area contributed by atoms with Gasteiger partial charge in [-0.1, -0.05) is 5.46 Å². The first-order valence-electron chi connectivity index (χ1n) is 5.22. The quantitative estimate of drug-likeness (QED) is 0.657. The maximum absolute atomic E-state index is 5.75. The predicted molar refractivity (Wildman–Crippen MR) is 60.9 cm³/mol. The molecule has 1 aliphatic heterocycles. The summed E-state index contributed by atoms with van der Waals surface area (Å²) in [6.45, 7) is 3.78. The molecule has 0 spiro atoms. The van der Waals surface area contributed by atoms with Gasteiger partial charge < -0.3 is 4.74 Å². The molecular weight excluding hydrogens is 187 g/mol. The van der Waals surface area contributed by atoms with Gasteiger partial charge in [0.25, 0.3) is 0 Å². The molecule has 0 amide bonds. The Hall–Kier alpha value is -1.03. The summed E-state index contributed by atoms with van der Waals surface area (Å²) in [6.07, 6.45) is 2.94. The molecule has 1 fully saturated rings. The van der Waals surface area contributed by atoms with Gasteiger partial charge in [-0.05, 0) is 33.0 Å². The third-order valence-electron chi connectivity index (χ3n) is 2.98. The van der Waals surface area contributed by atoms with Crippen LogP contribution in [0.5, 0.6) is 5.75 Å². The van der Waals surface area contributed by atoms with Gasteiger partial charge in [0.1, 0.15) is 20.2 Å². The first kappa shape index (κ1) is 10.5. The van der Waals surface area contributed by atoms with E-state index in [0.717, 1.165) is 18.1 Å². The van der Waals surface area contributed by atoms with Crippen LogP contribution < -0.4 is 10.2 Å². The molecule has 0 unspecified atom stereocenters. The second kappa shape index (κ2) is 4.23. The number of hydrogen-bond acceptors (Lipinski definition) is 3. The van der Waals surface area contributed by atoms with Gasteiger partial charge in [-0.3, -0.25) is 9.88 Å².